The third-order valence-corrected chi connectivity index (χ3v) is 1.28. The predicted octanol–water partition coefficient (Wildman–Crippen LogP) is -2.32. The molecule has 11 heavy (non-hydrogen) atoms. The average Bonchev–Trinajstić information content (AvgIpc) is 1.88. The van der Waals surface area contributed by atoms with Crippen molar-refractivity contribution in [1.82, 2.24) is 4.98 Å². The quantitative estimate of drug-likeness (QED) is 0.414. The van der Waals surface area contributed by atoms with Crippen molar-refractivity contribution in [2.45, 2.75) is 19.4 Å². The van der Waals surface area contributed by atoms with Gasteiger partial charge in [-0.1, -0.05) is 25.5 Å². The molecular weight excluding hydrogens is 133 g/mol. The molecule has 1 aromatic rings. The van der Waals surface area contributed by atoms with Crippen molar-refractivity contribution in [3.63, 3.8) is 0 Å². The van der Waals surface area contributed by atoms with Crippen LogP contribution in [0.4, 0.5) is 0 Å². The van der Waals surface area contributed by atoms with E-state index in [1.807, 2.05) is 6.07 Å². The van der Waals surface area contributed by atoms with Gasteiger partial charge in [-0.2, -0.15) is 0 Å². The summed E-state index contributed by atoms with van der Waals surface area (Å²) in [6.45, 7) is 3.21. The average molecular weight is 143 g/mol. The third kappa shape index (κ3) is 3.07. The van der Waals surface area contributed by atoms with Crippen LogP contribution in [0, 0.1) is 0 Å². The van der Waals surface area contributed by atoms with E-state index in [1.165, 1.54) is 0 Å². The number of rotatable bonds is 1. The minimum atomic E-state index is -1.07. The van der Waals surface area contributed by atoms with Gasteiger partial charge in [0.15, 0.2) is 0 Å². The number of pyridine rings is 1. The molecule has 0 atom stereocenters. The minimum absolute atomic E-state index is 0. The van der Waals surface area contributed by atoms with Crippen LogP contribution in [0.5, 0.6) is 0 Å². The Balaban J connectivity index is 0.000001000. The van der Waals surface area contributed by atoms with Crippen LogP contribution >= 0.6 is 0 Å². The summed E-state index contributed by atoms with van der Waals surface area (Å²) in [4.78, 5) is 3.94. The maximum atomic E-state index is 11.2. The summed E-state index contributed by atoms with van der Waals surface area (Å²) in [5.41, 5.74) is -0.476. The van der Waals surface area contributed by atoms with Gasteiger partial charge in [0.25, 0.3) is 0 Å². The first-order valence-corrected chi connectivity index (χ1v) is 3.22. The zero-order valence-electron chi connectivity index (χ0n) is 7.16. The molecule has 0 aliphatic heterocycles. The van der Waals surface area contributed by atoms with Gasteiger partial charge in [-0.15, -0.1) is 0 Å². The van der Waals surface area contributed by atoms with Crippen molar-refractivity contribution in [3.05, 3.63) is 30.1 Å². The SMILES string of the molecule is CC(C)([O-])c1ccccn1.[Li+]. The Hall–Kier alpha value is -0.293. The standard InChI is InChI=1S/C8H10NO.Li/c1-8(2,10)7-5-3-4-6-9-7;/h3-6H,1-2H3;/q-1;+1. The fraction of sp³-hybridized carbons (Fsp3) is 0.375. The predicted molar refractivity (Wildman–Crippen MR) is 37.3 cm³/mol. The van der Waals surface area contributed by atoms with Gasteiger partial charge in [-0.3, -0.25) is 4.98 Å². The van der Waals surface area contributed by atoms with E-state index in [9.17, 15) is 5.11 Å². The maximum absolute atomic E-state index is 11.2. The monoisotopic (exact) mass is 143 g/mol. The molecule has 3 heteroatoms. The third-order valence-electron chi connectivity index (χ3n) is 1.28. The Morgan fingerprint density at radius 3 is 2.27 bits per heavy atom. The largest absolute Gasteiger partial charge is 1.00 e. The molecule has 0 radical (unpaired) electrons. The second kappa shape index (κ2) is 3.92. The molecular formula is C8H10LiNO. The first-order chi connectivity index (χ1) is 4.61. The molecule has 2 nitrogen and oxygen atoms in total. The minimum Gasteiger partial charge on any atom is -0.845 e. The number of hydrogen-bond acceptors (Lipinski definition) is 2. The number of hydrogen-bond donors (Lipinski definition) is 0. The van der Waals surface area contributed by atoms with E-state index in [1.54, 1.807) is 32.2 Å². The van der Waals surface area contributed by atoms with Crippen molar-refractivity contribution < 1.29 is 24.0 Å². The molecule has 54 valence electrons. The van der Waals surface area contributed by atoms with Crippen LogP contribution in [0.3, 0.4) is 0 Å². The van der Waals surface area contributed by atoms with Crippen LogP contribution in [-0.2, 0) is 5.60 Å². The van der Waals surface area contributed by atoms with Gasteiger partial charge in [0.1, 0.15) is 0 Å². The normalized spacial score (nSPS) is 10.5. The van der Waals surface area contributed by atoms with E-state index in [2.05, 4.69) is 4.98 Å². The molecule has 1 aromatic heterocycles. The molecule has 0 aliphatic rings. The molecule has 0 N–H and O–H groups in total. The Morgan fingerprint density at radius 1 is 1.36 bits per heavy atom. The Labute approximate surface area is 78.8 Å². The van der Waals surface area contributed by atoms with Gasteiger partial charge in [0.2, 0.25) is 0 Å². The smallest absolute Gasteiger partial charge is 0.845 e. The Kier molecular flexibility index (Phi) is 3.81. The van der Waals surface area contributed by atoms with Crippen molar-refractivity contribution >= 4 is 0 Å². The fourth-order valence-electron chi connectivity index (χ4n) is 0.719. The maximum Gasteiger partial charge on any atom is 1.00 e. The van der Waals surface area contributed by atoms with Gasteiger partial charge in [0.05, 0.1) is 0 Å². The van der Waals surface area contributed by atoms with Crippen molar-refractivity contribution in [2.24, 2.45) is 0 Å². The zero-order chi connectivity index (χ0) is 7.61. The van der Waals surface area contributed by atoms with Gasteiger partial charge in [-0.05, 0) is 12.1 Å². The van der Waals surface area contributed by atoms with Gasteiger partial charge < -0.3 is 5.11 Å². The summed E-state index contributed by atoms with van der Waals surface area (Å²) in [6, 6.07) is 5.37. The van der Waals surface area contributed by atoms with Crippen LogP contribution in [-0.4, -0.2) is 4.98 Å². The number of aromatic nitrogens is 1. The zero-order valence-corrected chi connectivity index (χ0v) is 7.16. The van der Waals surface area contributed by atoms with Gasteiger partial charge in [-0.25, -0.2) is 0 Å². The van der Waals surface area contributed by atoms with Crippen LogP contribution in [0.25, 0.3) is 0 Å². The van der Waals surface area contributed by atoms with Crippen molar-refractivity contribution in [1.29, 1.82) is 0 Å². The molecule has 0 fully saturated rings. The summed E-state index contributed by atoms with van der Waals surface area (Å²) in [6.07, 6.45) is 1.63. The van der Waals surface area contributed by atoms with E-state index >= 15 is 0 Å². The summed E-state index contributed by atoms with van der Waals surface area (Å²) >= 11 is 0. The van der Waals surface area contributed by atoms with Crippen LogP contribution in [0.2, 0.25) is 0 Å². The summed E-state index contributed by atoms with van der Waals surface area (Å²) in [5.74, 6) is 0. The molecule has 0 saturated heterocycles. The summed E-state index contributed by atoms with van der Waals surface area (Å²) in [5, 5.41) is 11.2. The van der Waals surface area contributed by atoms with E-state index in [0.29, 0.717) is 5.69 Å². The van der Waals surface area contributed by atoms with Crippen LogP contribution < -0.4 is 24.0 Å². The molecule has 0 aliphatic carbocycles. The molecule has 1 rings (SSSR count). The van der Waals surface area contributed by atoms with Gasteiger partial charge in [0, 0.05) is 11.9 Å². The summed E-state index contributed by atoms with van der Waals surface area (Å²) < 4.78 is 0. The topological polar surface area (TPSA) is 36.0 Å². The Bertz CT molecular complexity index is 205. The molecule has 0 amide bonds. The van der Waals surface area contributed by atoms with Gasteiger partial charge >= 0.3 is 18.9 Å². The molecule has 0 unspecified atom stereocenters. The van der Waals surface area contributed by atoms with E-state index in [4.69, 9.17) is 0 Å². The fourth-order valence-corrected chi connectivity index (χ4v) is 0.719. The first kappa shape index (κ1) is 10.7. The molecule has 1 heterocycles. The molecule has 0 aromatic carbocycles. The van der Waals surface area contributed by atoms with Crippen molar-refractivity contribution in [3.8, 4) is 0 Å². The van der Waals surface area contributed by atoms with Crippen LogP contribution in [0.15, 0.2) is 24.4 Å². The second-order valence-corrected chi connectivity index (χ2v) is 2.73. The summed E-state index contributed by atoms with van der Waals surface area (Å²) in [7, 11) is 0. The molecule has 0 saturated carbocycles. The number of nitrogens with zero attached hydrogens (tertiary/aromatic N) is 1. The van der Waals surface area contributed by atoms with Crippen molar-refractivity contribution in [2.75, 3.05) is 0 Å². The van der Waals surface area contributed by atoms with Crippen LogP contribution in [0.1, 0.15) is 19.5 Å². The second-order valence-electron chi connectivity index (χ2n) is 2.73. The molecule has 0 bridgehead atoms. The first-order valence-electron chi connectivity index (χ1n) is 3.22. The van der Waals surface area contributed by atoms with E-state index < -0.39 is 5.60 Å². The molecule has 0 spiro atoms. The van der Waals surface area contributed by atoms with E-state index in [-0.39, 0.29) is 18.9 Å². The van der Waals surface area contributed by atoms with E-state index in [0.717, 1.165) is 0 Å². The Morgan fingerprint density at radius 2 is 2.00 bits per heavy atom.